The molecule has 1 aliphatic heterocycles. The van der Waals surface area contributed by atoms with Crippen molar-refractivity contribution in [1.29, 1.82) is 0 Å². The molecule has 4 heterocycles. The van der Waals surface area contributed by atoms with Gasteiger partial charge in [-0.2, -0.15) is 4.31 Å². The number of hydrogen-bond acceptors (Lipinski definition) is 11. The zero-order chi connectivity index (χ0) is 27.7. The van der Waals surface area contributed by atoms with Gasteiger partial charge in [-0.25, -0.2) is 13.9 Å². The van der Waals surface area contributed by atoms with Crippen LogP contribution in [0.15, 0.2) is 64.7 Å². The number of aliphatic hydroxyl groups excluding tert-OH is 2. The van der Waals surface area contributed by atoms with Gasteiger partial charge in [-0.05, 0) is 35.4 Å². The first-order valence-electron chi connectivity index (χ1n) is 10.8. The minimum Gasteiger partial charge on any atom is -0.387 e. The summed E-state index contributed by atoms with van der Waals surface area (Å²) in [6.07, 6.45) is -0.782. The van der Waals surface area contributed by atoms with Gasteiger partial charge < -0.3 is 29.6 Å². The Morgan fingerprint density at radius 2 is 1.66 bits per heavy atom. The summed E-state index contributed by atoms with van der Waals surface area (Å²) in [4.78, 5) is 60.6. The highest BCUT2D eigenvalue weighted by atomic mass is 31.3. The number of ether oxygens (including phenoxy) is 1. The number of aliphatic hydroxyl groups is 2. The van der Waals surface area contributed by atoms with E-state index in [1.54, 1.807) is 36.7 Å². The molecule has 38 heavy (non-hydrogen) atoms. The fourth-order valence-corrected chi connectivity index (χ4v) is 5.34. The summed E-state index contributed by atoms with van der Waals surface area (Å²) < 4.78 is 37.6. The van der Waals surface area contributed by atoms with Crippen molar-refractivity contribution < 1.29 is 47.6 Å². The summed E-state index contributed by atoms with van der Waals surface area (Å²) in [5, 5.41) is 20.7. The third-order valence-electron chi connectivity index (χ3n) is 5.47. The summed E-state index contributed by atoms with van der Waals surface area (Å²) in [6, 6.07) is 8.02. The van der Waals surface area contributed by atoms with Crippen molar-refractivity contribution >= 4 is 15.6 Å². The van der Waals surface area contributed by atoms with E-state index in [9.17, 15) is 33.8 Å². The van der Waals surface area contributed by atoms with Gasteiger partial charge in [0.1, 0.15) is 18.3 Å². The lowest BCUT2D eigenvalue weighted by Crippen LogP contribution is -2.43. The zero-order valence-electron chi connectivity index (χ0n) is 19.2. The quantitative estimate of drug-likeness (QED) is 0.201. The van der Waals surface area contributed by atoms with Gasteiger partial charge in [-0.3, -0.25) is 28.4 Å². The molecule has 1 saturated heterocycles. The smallest absolute Gasteiger partial charge is 0.387 e. The molecule has 3 unspecified atom stereocenters. The second kappa shape index (κ2) is 11.1. The van der Waals surface area contributed by atoms with Crippen molar-refractivity contribution in [2.45, 2.75) is 31.1 Å². The Bertz CT molecular complexity index is 1510. The molecular formula is C20H22N4O12P2. The summed E-state index contributed by atoms with van der Waals surface area (Å²) >= 11 is 0. The number of nitrogens with zero attached hydrogens (tertiary/aromatic N) is 4. The van der Waals surface area contributed by atoms with Crippen molar-refractivity contribution in [2.24, 2.45) is 0 Å². The molecule has 3 aromatic heterocycles. The maximum atomic E-state index is 13.2. The first-order valence-corrected chi connectivity index (χ1v) is 13.8. The van der Waals surface area contributed by atoms with E-state index in [4.69, 9.17) is 14.5 Å². The van der Waals surface area contributed by atoms with E-state index in [0.29, 0.717) is 5.69 Å². The highest BCUT2D eigenvalue weighted by Crippen LogP contribution is 2.57. The normalized spacial score (nSPS) is 23.3. The topological polar surface area (TPSA) is 233 Å². The lowest BCUT2D eigenvalue weighted by Gasteiger charge is -2.19. The van der Waals surface area contributed by atoms with Gasteiger partial charge >= 0.3 is 21.3 Å². The van der Waals surface area contributed by atoms with Crippen LogP contribution in [0.25, 0.3) is 11.1 Å². The van der Waals surface area contributed by atoms with E-state index in [2.05, 4.69) is 18.8 Å². The molecule has 0 spiro atoms. The van der Waals surface area contributed by atoms with E-state index in [1.165, 1.54) is 6.20 Å². The average molecular weight is 572 g/mol. The molecule has 0 amide bonds. The molecule has 1 aliphatic rings. The predicted molar refractivity (Wildman–Crippen MR) is 126 cm³/mol. The maximum Gasteiger partial charge on any atom is 0.481 e. The fourth-order valence-electron chi connectivity index (χ4n) is 3.74. The molecule has 0 radical (unpaired) electrons. The molecule has 3 aromatic rings. The average Bonchev–Trinajstić information content (AvgIpc) is 3.13. The Morgan fingerprint density at radius 3 is 2.34 bits per heavy atom. The van der Waals surface area contributed by atoms with Crippen molar-refractivity contribution in [3.05, 3.63) is 81.7 Å². The molecular weight excluding hydrogens is 550 g/mol. The first-order chi connectivity index (χ1) is 17.8. The molecule has 0 aromatic carbocycles. The Balaban J connectivity index is 1.55. The summed E-state index contributed by atoms with van der Waals surface area (Å²) in [5.41, 5.74) is 0.394. The van der Waals surface area contributed by atoms with Crippen molar-refractivity contribution in [1.82, 2.24) is 19.1 Å². The Morgan fingerprint density at radius 1 is 0.974 bits per heavy atom. The summed E-state index contributed by atoms with van der Waals surface area (Å²) in [5.74, 6) is 0. The van der Waals surface area contributed by atoms with Crippen LogP contribution in [0.3, 0.4) is 0 Å². The predicted octanol–water partition coefficient (Wildman–Crippen LogP) is -0.639. The zero-order valence-corrected chi connectivity index (χ0v) is 21.0. The monoisotopic (exact) mass is 572 g/mol. The molecule has 4 rings (SSSR count). The summed E-state index contributed by atoms with van der Waals surface area (Å²) in [6.45, 7) is -1.18. The minimum absolute atomic E-state index is 0.233. The molecule has 0 bridgehead atoms. The van der Waals surface area contributed by atoms with Gasteiger partial charge in [0.15, 0.2) is 6.23 Å². The van der Waals surface area contributed by atoms with E-state index in [-0.39, 0.29) is 6.54 Å². The van der Waals surface area contributed by atoms with Gasteiger partial charge in [-0.15, -0.1) is 0 Å². The highest BCUT2D eigenvalue weighted by molar-refractivity contribution is 7.60. The van der Waals surface area contributed by atoms with Crippen LogP contribution < -0.4 is 11.2 Å². The maximum absolute atomic E-state index is 13.2. The highest BCUT2D eigenvalue weighted by Gasteiger charge is 2.46. The third-order valence-corrected chi connectivity index (χ3v) is 7.62. The number of hydrogen-bond donors (Lipinski definition) is 5. The van der Waals surface area contributed by atoms with Crippen LogP contribution in [-0.4, -0.2) is 68.9 Å². The molecule has 5 atom stereocenters. The van der Waals surface area contributed by atoms with Gasteiger partial charge in [0.05, 0.1) is 18.8 Å². The molecule has 1 fully saturated rings. The van der Waals surface area contributed by atoms with Crippen LogP contribution in [0.1, 0.15) is 11.9 Å². The van der Waals surface area contributed by atoms with Crippen LogP contribution >= 0.6 is 15.6 Å². The molecule has 204 valence electrons. The van der Waals surface area contributed by atoms with Gasteiger partial charge in [-0.1, -0.05) is 0 Å². The third kappa shape index (κ3) is 6.57. The molecule has 18 heteroatoms. The van der Waals surface area contributed by atoms with Crippen LogP contribution in [0.5, 0.6) is 0 Å². The van der Waals surface area contributed by atoms with Gasteiger partial charge in [0.2, 0.25) is 0 Å². The number of phosphoric ester groups is 1. The number of aromatic nitrogens is 4. The van der Waals surface area contributed by atoms with Crippen LogP contribution in [0.2, 0.25) is 0 Å². The van der Waals surface area contributed by atoms with Gasteiger partial charge in [0, 0.05) is 30.9 Å². The van der Waals surface area contributed by atoms with E-state index >= 15 is 0 Å². The lowest BCUT2D eigenvalue weighted by molar-refractivity contribution is -0.0547. The first kappa shape index (κ1) is 28.1. The number of rotatable bonds is 9. The van der Waals surface area contributed by atoms with E-state index < -0.39 is 58.0 Å². The molecule has 16 nitrogen and oxygen atoms in total. The standard InChI is InChI=1S/C20H22N4O12P2/c25-16-4-8-23(19-18(27)17(26)15(35-19)11-34-38(32,33)36-37(29,30)31)20(28)24(16)10-14-9-13(3-7-22-14)12-1-5-21-6-2-12/h1-9,15,17-19,26-27H,10-11H2,(H,32,33)(H2,29,30,31)/t15-,17?,18?,19-/m1/s1. The Labute approximate surface area is 213 Å². The molecule has 5 N–H and O–H groups in total. The van der Waals surface area contributed by atoms with E-state index in [0.717, 1.165) is 32.5 Å². The molecule has 0 saturated carbocycles. The van der Waals surface area contributed by atoms with Gasteiger partial charge in [0.25, 0.3) is 5.56 Å². The van der Waals surface area contributed by atoms with Crippen LogP contribution in [-0.2, 0) is 29.2 Å². The second-order valence-electron chi connectivity index (χ2n) is 8.08. The summed E-state index contributed by atoms with van der Waals surface area (Å²) in [7, 11) is -10.6. The largest absolute Gasteiger partial charge is 0.481 e. The molecule has 0 aliphatic carbocycles. The van der Waals surface area contributed by atoms with Crippen molar-refractivity contribution in [3.8, 4) is 11.1 Å². The van der Waals surface area contributed by atoms with Crippen LogP contribution in [0.4, 0.5) is 0 Å². The number of pyridine rings is 2. The van der Waals surface area contributed by atoms with E-state index in [1.807, 2.05) is 0 Å². The second-order valence-corrected chi connectivity index (χ2v) is 10.9. The number of phosphoric acid groups is 2. The SMILES string of the molecule is O=c1ccn([C@@H]2O[C@H](COP(=O)(O)OP(=O)(O)O)C(O)C2O)c(=O)n1Cc1cc(-c2ccncc2)ccn1. The Kier molecular flexibility index (Phi) is 8.20. The van der Waals surface area contributed by atoms with Crippen molar-refractivity contribution in [3.63, 3.8) is 0 Å². The van der Waals surface area contributed by atoms with Crippen LogP contribution in [0, 0.1) is 0 Å². The fraction of sp³-hybridized carbons (Fsp3) is 0.300. The Hall–Kier alpha value is -2.88. The minimum atomic E-state index is -5.38. The van der Waals surface area contributed by atoms with Crippen molar-refractivity contribution in [2.75, 3.05) is 6.61 Å². The lowest BCUT2D eigenvalue weighted by atomic mass is 10.1.